The summed E-state index contributed by atoms with van der Waals surface area (Å²) in [6.07, 6.45) is 7.81. The number of anilines is 2. The lowest BCUT2D eigenvalue weighted by atomic mass is 10.1. The van der Waals surface area contributed by atoms with Crippen LogP contribution in [0, 0.1) is 17.0 Å². The van der Waals surface area contributed by atoms with E-state index >= 15 is 0 Å². The molecule has 0 fully saturated rings. The standard InChI is InChI=1S/C22H25FN4O3S/c1-27-20-16(6-5-10-24-20)19(22(29)26-30-12-11-28)21(27)25-18-8-7-15(14-17(18)23)9-13-31(2,3)4/h5-8,10,14,25,28H,11-12H2,1-4H3,(H,26,29). The Labute approximate surface area is 181 Å². The summed E-state index contributed by atoms with van der Waals surface area (Å²) < 4.78 is 16.5. The first kappa shape index (κ1) is 22.6. The lowest BCUT2D eigenvalue weighted by Gasteiger charge is -2.15. The first-order valence-electron chi connectivity index (χ1n) is 9.45. The minimum absolute atomic E-state index is 0.0507. The maximum Gasteiger partial charge on any atom is 0.279 e. The summed E-state index contributed by atoms with van der Waals surface area (Å²) in [5.74, 6) is 2.34. The lowest BCUT2D eigenvalue weighted by Crippen LogP contribution is -2.25. The van der Waals surface area contributed by atoms with Crippen LogP contribution in [0.1, 0.15) is 15.9 Å². The van der Waals surface area contributed by atoms with E-state index in [1.54, 1.807) is 42.1 Å². The van der Waals surface area contributed by atoms with Gasteiger partial charge in [0.25, 0.3) is 5.91 Å². The Morgan fingerprint density at radius 3 is 2.77 bits per heavy atom. The Hall–Kier alpha value is -3.06. The maximum atomic E-state index is 14.8. The molecule has 0 atom stereocenters. The van der Waals surface area contributed by atoms with E-state index in [9.17, 15) is 9.18 Å². The van der Waals surface area contributed by atoms with Crippen molar-refractivity contribution in [2.75, 3.05) is 37.3 Å². The highest BCUT2D eigenvalue weighted by Gasteiger charge is 2.23. The Bertz CT molecular complexity index is 1180. The molecule has 1 amide bonds. The molecule has 3 rings (SSSR count). The van der Waals surface area contributed by atoms with E-state index in [4.69, 9.17) is 9.94 Å². The largest absolute Gasteiger partial charge is 0.394 e. The second kappa shape index (κ2) is 9.39. The van der Waals surface area contributed by atoms with E-state index in [0.717, 1.165) is 0 Å². The highest BCUT2D eigenvalue weighted by Crippen LogP contribution is 2.33. The molecule has 3 N–H and O–H groups in total. The fourth-order valence-electron chi connectivity index (χ4n) is 2.88. The Morgan fingerprint density at radius 2 is 2.10 bits per heavy atom. The third-order valence-electron chi connectivity index (χ3n) is 4.25. The number of fused-ring (bicyclic) bond motifs is 1. The molecule has 0 saturated heterocycles. The van der Waals surface area contributed by atoms with E-state index in [2.05, 4.69) is 45.7 Å². The second-order valence-corrected chi connectivity index (χ2v) is 11.4. The van der Waals surface area contributed by atoms with Crippen LogP contribution in [0.15, 0.2) is 36.5 Å². The zero-order valence-corrected chi connectivity index (χ0v) is 18.6. The number of aliphatic hydroxyl groups excluding tert-OH is 1. The molecule has 9 heteroatoms. The molecule has 3 aromatic rings. The quantitative estimate of drug-likeness (QED) is 0.309. The van der Waals surface area contributed by atoms with Crippen LogP contribution < -0.4 is 10.8 Å². The molecular formula is C22H25FN4O3S. The van der Waals surface area contributed by atoms with Crippen molar-refractivity contribution in [1.82, 2.24) is 15.0 Å². The number of rotatable bonds is 6. The zero-order valence-electron chi connectivity index (χ0n) is 17.8. The van der Waals surface area contributed by atoms with Crippen LogP contribution in [0.5, 0.6) is 0 Å². The minimum Gasteiger partial charge on any atom is -0.394 e. The third-order valence-corrected chi connectivity index (χ3v) is 4.97. The first-order chi connectivity index (χ1) is 14.7. The van der Waals surface area contributed by atoms with Crippen molar-refractivity contribution in [3.8, 4) is 11.2 Å². The molecule has 0 saturated carbocycles. The molecule has 2 heterocycles. The summed E-state index contributed by atoms with van der Waals surface area (Å²) in [5.41, 5.74) is 3.88. The molecule has 31 heavy (non-hydrogen) atoms. The van der Waals surface area contributed by atoms with Gasteiger partial charge in [0.15, 0.2) is 0 Å². The molecule has 0 spiro atoms. The molecule has 0 aliphatic heterocycles. The number of aliphatic hydroxyl groups is 1. The van der Waals surface area contributed by atoms with E-state index in [-0.39, 0.29) is 24.5 Å². The van der Waals surface area contributed by atoms with Gasteiger partial charge in [-0.25, -0.2) is 14.9 Å². The molecule has 0 radical (unpaired) electrons. The van der Waals surface area contributed by atoms with Crippen LogP contribution in [0.2, 0.25) is 0 Å². The van der Waals surface area contributed by atoms with Crippen LogP contribution in [0.3, 0.4) is 0 Å². The summed E-state index contributed by atoms with van der Waals surface area (Å²) in [4.78, 5) is 22.0. The number of aromatic nitrogens is 2. The van der Waals surface area contributed by atoms with Gasteiger partial charge in [0.2, 0.25) is 0 Å². The van der Waals surface area contributed by atoms with Gasteiger partial charge < -0.3 is 15.0 Å². The molecule has 2 aromatic heterocycles. The maximum absolute atomic E-state index is 14.8. The SMILES string of the molecule is Cn1c(Nc2ccc(C#CS(C)(C)C)cc2F)c(C(=O)NOCCO)c2cccnc21. The number of hydroxylamine groups is 1. The molecule has 1 aromatic carbocycles. The molecular weight excluding hydrogens is 419 g/mol. The number of halogens is 1. The number of carbonyl (C=O) groups is 1. The minimum atomic E-state index is -1.02. The van der Waals surface area contributed by atoms with Crippen molar-refractivity contribution in [3.05, 3.63) is 53.5 Å². The van der Waals surface area contributed by atoms with E-state index in [0.29, 0.717) is 22.4 Å². The zero-order chi connectivity index (χ0) is 22.6. The lowest BCUT2D eigenvalue weighted by molar-refractivity contribution is 0.0170. The molecule has 0 unspecified atom stereocenters. The average molecular weight is 445 g/mol. The van der Waals surface area contributed by atoms with Crippen molar-refractivity contribution < 1.29 is 19.1 Å². The molecule has 0 aliphatic carbocycles. The topological polar surface area (TPSA) is 88.4 Å². The van der Waals surface area contributed by atoms with Gasteiger partial charge in [-0.3, -0.25) is 9.63 Å². The normalized spacial score (nSPS) is 11.7. The van der Waals surface area contributed by atoms with E-state index in [1.807, 2.05) is 0 Å². The fourth-order valence-corrected chi connectivity index (χ4v) is 3.31. The third kappa shape index (κ3) is 5.35. The number of aryl methyl sites for hydroxylation is 1. The van der Waals surface area contributed by atoms with Crippen LogP contribution in [-0.4, -0.2) is 52.5 Å². The monoisotopic (exact) mass is 444 g/mol. The summed E-state index contributed by atoms with van der Waals surface area (Å²) in [6, 6.07) is 8.15. The van der Waals surface area contributed by atoms with Gasteiger partial charge in [0.05, 0.1) is 24.5 Å². The van der Waals surface area contributed by atoms with Crippen LogP contribution in [0.25, 0.3) is 11.0 Å². The van der Waals surface area contributed by atoms with Gasteiger partial charge >= 0.3 is 0 Å². The number of pyridine rings is 1. The van der Waals surface area contributed by atoms with E-state index in [1.165, 1.54) is 6.07 Å². The first-order valence-corrected chi connectivity index (χ1v) is 12.3. The van der Waals surface area contributed by atoms with Gasteiger partial charge in [-0.05, 0) is 54.4 Å². The van der Waals surface area contributed by atoms with Gasteiger partial charge in [-0.15, -0.1) is 0 Å². The smallest absolute Gasteiger partial charge is 0.279 e. The number of hydrogen-bond acceptors (Lipinski definition) is 5. The molecule has 7 nitrogen and oxygen atoms in total. The predicted octanol–water partition coefficient (Wildman–Crippen LogP) is 3.11. The predicted molar refractivity (Wildman–Crippen MR) is 123 cm³/mol. The van der Waals surface area contributed by atoms with Crippen molar-refractivity contribution in [2.24, 2.45) is 7.05 Å². The number of benzene rings is 1. The van der Waals surface area contributed by atoms with Crippen molar-refractivity contribution >= 4 is 38.5 Å². The molecule has 164 valence electrons. The Balaban J connectivity index is 1.99. The summed E-state index contributed by atoms with van der Waals surface area (Å²) in [5, 5.41) is 15.6. The highest BCUT2D eigenvalue weighted by molar-refractivity contribution is 8.35. The Morgan fingerprint density at radius 1 is 1.32 bits per heavy atom. The van der Waals surface area contributed by atoms with Crippen LogP contribution in [0.4, 0.5) is 15.9 Å². The van der Waals surface area contributed by atoms with Crippen molar-refractivity contribution in [1.29, 1.82) is 0 Å². The van der Waals surface area contributed by atoms with E-state index < -0.39 is 21.8 Å². The van der Waals surface area contributed by atoms with Gasteiger partial charge in [-0.1, -0.05) is 5.92 Å². The number of amides is 1. The van der Waals surface area contributed by atoms with Crippen LogP contribution >= 0.6 is 10.0 Å². The average Bonchev–Trinajstić information content (AvgIpc) is 3.00. The summed E-state index contributed by atoms with van der Waals surface area (Å²) in [7, 11) is 0.708. The molecule has 0 bridgehead atoms. The van der Waals surface area contributed by atoms with Crippen LogP contribution in [-0.2, 0) is 11.9 Å². The second-order valence-electron chi connectivity index (χ2n) is 7.54. The number of hydrogen-bond donors (Lipinski definition) is 3. The van der Waals surface area contributed by atoms with Gasteiger partial charge in [0.1, 0.15) is 17.3 Å². The fraction of sp³-hybridized carbons (Fsp3) is 0.273. The molecule has 0 aliphatic rings. The number of carbonyl (C=O) groups excluding carboxylic acids is 1. The van der Waals surface area contributed by atoms with Gasteiger partial charge in [0, 0.05) is 24.2 Å². The Kier molecular flexibility index (Phi) is 6.85. The van der Waals surface area contributed by atoms with Crippen molar-refractivity contribution in [2.45, 2.75) is 0 Å². The summed E-state index contributed by atoms with van der Waals surface area (Å²) in [6.45, 7) is -0.287. The summed E-state index contributed by atoms with van der Waals surface area (Å²) >= 11 is 0. The number of nitrogens with one attached hydrogen (secondary N) is 2. The van der Waals surface area contributed by atoms with Crippen molar-refractivity contribution in [3.63, 3.8) is 0 Å². The highest BCUT2D eigenvalue weighted by atomic mass is 32.3. The number of nitrogens with zero attached hydrogens (tertiary/aromatic N) is 2. The van der Waals surface area contributed by atoms with Gasteiger partial charge in [-0.2, -0.15) is 10.0 Å².